The zero-order chi connectivity index (χ0) is 19.6. The van der Waals surface area contributed by atoms with Gasteiger partial charge >= 0.3 is 5.97 Å². The molecule has 0 atom stereocenters. The van der Waals surface area contributed by atoms with Crippen LogP contribution in [0.15, 0.2) is 48.5 Å². The number of rotatable bonds is 9. The van der Waals surface area contributed by atoms with E-state index in [1.807, 2.05) is 12.1 Å². The zero-order valence-electron chi connectivity index (χ0n) is 15.0. The van der Waals surface area contributed by atoms with Gasteiger partial charge in [0.25, 0.3) is 5.91 Å². The lowest BCUT2D eigenvalue weighted by molar-refractivity contribution is -0.139. The van der Waals surface area contributed by atoms with Gasteiger partial charge in [-0.3, -0.25) is 9.59 Å². The number of nitrogens with one attached hydrogen (secondary N) is 2. The van der Waals surface area contributed by atoms with E-state index in [4.69, 9.17) is 9.84 Å². The van der Waals surface area contributed by atoms with Crippen molar-refractivity contribution in [2.24, 2.45) is 0 Å². The molecule has 7 heteroatoms. The number of carbonyl (C=O) groups is 3. The lowest BCUT2D eigenvalue weighted by Crippen LogP contribution is -2.25. The minimum Gasteiger partial charge on any atom is -0.482 e. The van der Waals surface area contributed by atoms with Gasteiger partial charge in [0.1, 0.15) is 5.75 Å². The molecule has 0 spiro atoms. The van der Waals surface area contributed by atoms with Crippen LogP contribution in [-0.4, -0.2) is 36.0 Å². The van der Waals surface area contributed by atoms with E-state index in [0.717, 1.165) is 5.56 Å². The van der Waals surface area contributed by atoms with E-state index in [-0.39, 0.29) is 18.4 Å². The maximum Gasteiger partial charge on any atom is 0.341 e. The van der Waals surface area contributed by atoms with Gasteiger partial charge in [0.05, 0.1) is 0 Å². The number of carboxylic acids is 1. The minimum atomic E-state index is -1.03. The van der Waals surface area contributed by atoms with Crippen molar-refractivity contribution in [3.8, 4) is 5.75 Å². The van der Waals surface area contributed by atoms with Gasteiger partial charge in [0, 0.05) is 24.2 Å². The van der Waals surface area contributed by atoms with Crippen LogP contribution in [0.1, 0.15) is 29.3 Å². The van der Waals surface area contributed by atoms with Crippen LogP contribution >= 0.6 is 0 Å². The van der Waals surface area contributed by atoms with Gasteiger partial charge in [-0.05, 0) is 42.3 Å². The first-order valence-corrected chi connectivity index (χ1v) is 8.59. The third-order valence-electron chi connectivity index (χ3n) is 3.71. The predicted octanol–water partition coefficient (Wildman–Crippen LogP) is 2.47. The van der Waals surface area contributed by atoms with E-state index in [0.29, 0.717) is 36.4 Å². The van der Waals surface area contributed by atoms with Crippen molar-refractivity contribution in [2.45, 2.75) is 19.8 Å². The summed E-state index contributed by atoms with van der Waals surface area (Å²) >= 11 is 0. The minimum absolute atomic E-state index is 0.108. The van der Waals surface area contributed by atoms with E-state index in [2.05, 4.69) is 10.6 Å². The fraction of sp³-hybridized carbons (Fsp3) is 0.250. The monoisotopic (exact) mass is 370 g/mol. The Bertz CT molecular complexity index is 802. The number of carboxylic acid groups (broad SMARTS) is 1. The molecule has 0 heterocycles. The molecule has 7 nitrogen and oxygen atoms in total. The number of aliphatic carboxylic acids is 1. The van der Waals surface area contributed by atoms with Gasteiger partial charge in [-0.1, -0.05) is 25.1 Å². The highest BCUT2D eigenvalue weighted by atomic mass is 16.5. The third kappa shape index (κ3) is 6.81. The molecule has 0 aliphatic rings. The quantitative estimate of drug-likeness (QED) is 0.629. The van der Waals surface area contributed by atoms with E-state index >= 15 is 0 Å². The molecule has 142 valence electrons. The van der Waals surface area contributed by atoms with Crippen LogP contribution in [0.2, 0.25) is 0 Å². The van der Waals surface area contributed by atoms with Crippen LogP contribution in [0.25, 0.3) is 0 Å². The first kappa shape index (κ1) is 20.0. The molecular formula is C20H22N2O5. The molecule has 0 saturated heterocycles. The van der Waals surface area contributed by atoms with Gasteiger partial charge < -0.3 is 20.5 Å². The fourth-order valence-electron chi connectivity index (χ4n) is 2.31. The Kier molecular flexibility index (Phi) is 7.37. The summed E-state index contributed by atoms with van der Waals surface area (Å²) < 4.78 is 5.07. The van der Waals surface area contributed by atoms with Crippen molar-refractivity contribution in [3.05, 3.63) is 59.7 Å². The van der Waals surface area contributed by atoms with Crippen molar-refractivity contribution >= 4 is 23.5 Å². The molecule has 27 heavy (non-hydrogen) atoms. The van der Waals surface area contributed by atoms with Gasteiger partial charge in [0.15, 0.2) is 6.61 Å². The SMILES string of the molecule is CCC(=O)Nc1cccc(C(=O)NCCc2ccc(OCC(=O)O)cc2)c1. The molecule has 0 radical (unpaired) electrons. The topological polar surface area (TPSA) is 105 Å². The number of benzene rings is 2. The summed E-state index contributed by atoms with van der Waals surface area (Å²) in [6.07, 6.45) is 0.994. The van der Waals surface area contributed by atoms with Gasteiger partial charge in [-0.2, -0.15) is 0 Å². The summed E-state index contributed by atoms with van der Waals surface area (Å²) in [5, 5.41) is 14.1. The second-order valence-electron chi connectivity index (χ2n) is 5.81. The van der Waals surface area contributed by atoms with E-state index in [9.17, 15) is 14.4 Å². The Morgan fingerprint density at radius 2 is 1.81 bits per heavy atom. The first-order valence-electron chi connectivity index (χ1n) is 8.59. The largest absolute Gasteiger partial charge is 0.482 e. The number of carbonyl (C=O) groups excluding carboxylic acids is 2. The van der Waals surface area contributed by atoms with Gasteiger partial charge in [-0.25, -0.2) is 4.79 Å². The van der Waals surface area contributed by atoms with E-state index in [1.165, 1.54) is 0 Å². The molecule has 2 aromatic rings. The predicted molar refractivity (Wildman–Crippen MR) is 101 cm³/mol. The smallest absolute Gasteiger partial charge is 0.341 e. The average molecular weight is 370 g/mol. The van der Waals surface area contributed by atoms with Crippen molar-refractivity contribution in [1.82, 2.24) is 5.32 Å². The molecule has 0 unspecified atom stereocenters. The number of hydrogen-bond acceptors (Lipinski definition) is 4. The van der Waals surface area contributed by atoms with Gasteiger partial charge in [0.2, 0.25) is 5.91 Å². The second kappa shape index (κ2) is 9.96. The van der Waals surface area contributed by atoms with Crippen LogP contribution in [0.5, 0.6) is 5.75 Å². The van der Waals surface area contributed by atoms with E-state index in [1.54, 1.807) is 43.3 Å². The third-order valence-corrected chi connectivity index (χ3v) is 3.71. The molecule has 0 aromatic heterocycles. The summed E-state index contributed by atoms with van der Waals surface area (Å²) in [5.74, 6) is -0.872. The summed E-state index contributed by atoms with van der Waals surface area (Å²) in [6, 6.07) is 13.8. The van der Waals surface area contributed by atoms with Crippen LogP contribution in [-0.2, 0) is 16.0 Å². The van der Waals surface area contributed by atoms with Crippen molar-refractivity contribution in [2.75, 3.05) is 18.5 Å². The molecule has 0 aliphatic carbocycles. The average Bonchev–Trinajstić information content (AvgIpc) is 2.67. The Hall–Kier alpha value is -3.35. The standard InChI is InChI=1S/C20H22N2O5/c1-2-18(23)22-16-5-3-4-15(12-16)20(26)21-11-10-14-6-8-17(9-7-14)27-13-19(24)25/h3-9,12H,2,10-11,13H2,1H3,(H,21,26)(H,22,23)(H,24,25). The molecule has 0 aliphatic heterocycles. The maximum absolute atomic E-state index is 12.2. The first-order chi connectivity index (χ1) is 13.0. The van der Waals surface area contributed by atoms with Crippen LogP contribution in [0.4, 0.5) is 5.69 Å². The van der Waals surface area contributed by atoms with Crippen molar-refractivity contribution in [3.63, 3.8) is 0 Å². The Morgan fingerprint density at radius 3 is 2.48 bits per heavy atom. The highest BCUT2D eigenvalue weighted by molar-refractivity contribution is 5.97. The normalized spacial score (nSPS) is 10.1. The Morgan fingerprint density at radius 1 is 1.07 bits per heavy atom. The Labute approximate surface area is 157 Å². The lowest BCUT2D eigenvalue weighted by Gasteiger charge is -2.08. The van der Waals surface area contributed by atoms with Crippen molar-refractivity contribution in [1.29, 1.82) is 0 Å². The number of anilines is 1. The summed E-state index contributed by atoms with van der Waals surface area (Å²) in [4.78, 5) is 34.2. The zero-order valence-corrected chi connectivity index (χ0v) is 15.0. The van der Waals surface area contributed by atoms with Crippen LogP contribution < -0.4 is 15.4 Å². The van der Waals surface area contributed by atoms with Crippen LogP contribution in [0.3, 0.4) is 0 Å². The molecule has 2 aromatic carbocycles. The molecule has 3 N–H and O–H groups in total. The lowest BCUT2D eigenvalue weighted by atomic mass is 10.1. The molecule has 0 fully saturated rings. The molecule has 0 saturated carbocycles. The number of ether oxygens (including phenoxy) is 1. The molecule has 2 amide bonds. The Balaban J connectivity index is 1.82. The van der Waals surface area contributed by atoms with Gasteiger partial charge in [-0.15, -0.1) is 0 Å². The number of amides is 2. The van der Waals surface area contributed by atoms with E-state index < -0.39 is 5.97 Å². The van der Waals surface area contributed by atoms with Crippen LogP contribution in [0, 0.1) is 0 Å². The fourth-order valence-corrected chi connectivity index (χ4v) is 2.31. The number of hydrogen-bond donors (Lipinski definition) is 3. The second-order valence-corrected chi connectivity index (χ2v) is 5.81. The summed E-state index contributed by atoms with van der Waals surface area (Å²) in [5.41, 5.74) is 2.05. The molecule has 2 rings (SSSR count). The maximum atomic E-state index is 12.2. The summed E-state index contributed by atoms with van der Waals surface area (Å²) in [7, 11) is 0. The highest BCUT2D eigenvalue weighted by Crippen LogP contribution is 2.13. The van der Waals surface area contributed by atoms with Crippen molar-refractivity contribution < 1.29 is 24.2 Å². The summed E-state index contributed by atoms with van der Waals surface area (Å²) in [6.45, 7) is 1.82. The molecular weight excluding hydrogens is 348 g/mol. The highest BCUT2D eigenvalue weighted by Gasteiger charge is 2.07. The molecule has 0 bridgehead atoms.